The lowest BCUT2D eigenvalue weighted by atomic mass is 10.1. The molecule has 0 fully saturated rings. The van der Waals surface area contributed by atoms with E-state index < -0.39 is 24.3 Å². The Morgan fingerprint density at radius 3 is 2.48 bits per heavy atom. The maximum atomic E-state index is 12.5. The van der Waals surface area contributed by atoms with Gasteiger partial charge in [0.1, 0.15) is 11.4 Å². The van der Waals surface area contributed by atoms with Crippen LogP contribution in [-0.2, 0) is 6.18 Å². The Bertz CT molecular complexity index is 788. The van der Waals surface area contributed by atoms with Gasteiger partial charge in [0.2, 0.25) is 0 Å². The molecular formula is C16H9F5INO2. The third kappa shape index (κ3) is 5.48. The third-order valence-corrected chi connectivity index (χ3v) is 3.71. The van der Waals surface area contributed by atoms with Crippen molar-refractivity contribution in [2.45, 2.75) is 12.8 Å². The van der Waals surface area contributed by atoms with Gasteiger partial charge >= 0.3 is 12.8 Å². The third-order valence-electron chi connectivity index (χ3n) is 2.91. The number of carbonyl (C=O) groups is 1. The molecule has 9 heteroatoms. The second-order valence-corrected chi connectivity index (χ2v) is 5.86. The quantitative estimate of drug-likeness (QED) is 0.256. The number of aromatic nitrogens is 1. The van der Waals surface area contributed by atoms with Gasteiger partial charge < -0.3 is 4.74 Å². The highest BCUT2D eigenvalue weighted by Crippen LogP contribution is 2.28. The van der Waals surface area contributed by atoms with Crippen LogP contribution in [-0.4, -0.2) is 17.4 Å². The van der Waals surface area contributed by atoms with Gasteiger partial charge in [0.25, 0.3) is 0 Å². The molecule has 0 aliphatic rings. The number of halogens is 6. The van der Waals surface area contributed by atoms with Crippen LogP contribution in [0.4, 0.5) is 22.0 Å². The standard InChI is InChI=1S/C16H9F5INO2/c17-15(18)25-11-3-1-2-10(7-11)14(24)12(22)6-9-4-5-13(23-8-9)16(19,20)21/h1-8,15H. The minimum atomic E-state index is -4.55. The Kier molecular flexibility index (Phi) is 6.09. The van der Waals surface area contributed by atoms with E-state index in [0.717, 1.165) is 18.3 Å². The second kappa shape index (κ2) is 7.89. The Balaban J connectivity index is 2.20. The molecule has 0 N–H and O–H groups in total. The summed E-state index contributed by atoms with van der Waals surface area (Å²) in [5, 5.41) is 0. The number of benzene rings is 1. The SMILES string of the molecule is O=C(C(I)=Cc1ccc(C(F)(F)F)nc1)c1cccc(OC(F)F)c1. The van der Waals surface area contributed by atoms with Gasteiger partial charge in [-0.05, 0) is 52.4 Å². The lowest BCUT2D eigenvalue weighted by Gasteiger charge is -2.07. The van der Waals surface area contributed by atoms with Gasteiger partial charge in [-0.1, -0.05) is 18.2 Å². The van der Waals surface area contributed by atoms with Gasteiger partial charge in [-0.25, -0.2) is 0 Å². The van der Waals surface area contributed by atoms with Gasteiger partial charge in [-0.3, -0.25) is 9.78 Å². The van der Waals surface area contributed by atoms with Crippen molar-refractivity contribution < 1.29 is 31.5 Å². The Hall–Kier alpha value is -2.04. The topological polar surface area (TPSA) is 39.2 Å². The largest absolute Gasteiger partial charge is 0.435 e. The van der Waals surface area contributed by atoms with Crippen LogP contribution in [0.15, 0.2) is 46.2 Å². The number of allylic oxidation sites excluding steroid dienone is 1. The predicted molar refractivity (Wildman–Crippen MR) is 88.6 cm³/mol. The number of carbonyl (C=O) groups excluding carboxylic acids is 1. The predicted octanol–water partition coefficient (Wildman–Crippen LogP) is 5.36. The summed E-state index contributed by atoms with van der Waals surface area (Å²) >= 11 is 1.71. The zero-order valence-electron chi connectivity index (χ0n) is 12.2. The molecule has 0 amide bonds. The highest BCUT2D eigenvalue weighted by Gasteiger charge is 2.31. The van der Waals surface area contributed by atoms with Crippen molar-refractivity contribution in [3.63, 3.8) is 0 Å². The summed E-state index contributed by atoms with van der Waals surface area (Å²) in [5.74, 6) is -0.651. The number of alkyl halides is 5. The molecule has 2 aromatic rings. The first-order valence-corrected chi connectivity index (χ1v) is 7.74. The fourth-order valence-electron chi connectivity index (χ4n) is 1.82. The molecule has 0 radical (unpaired) electrons. The molecule has 1 aromatic heterocycles. The zero-order valence-corrected chi connectivity index (χ0v) is 14.4. The van der Waals surface area contributed by atoms with Crippen LogP contribution < -0.4 is 4.74 Å². The molecule has 0 atom stereocenters. The molecule has 0 saturated carbocycles. The van der Waals surface area contributed by atoms with Crippen molar-refractivity contribution in [2.75, 3.05) is 0 Å². The summed E-state index contributed by atoms with van der Waals surface area (Å²) in [5.41, 5.74) is -0.632. The maximum absolute atomic E-state index is 12.5. The molecule has 1 heterocycles. The summed E-state index contributed by atoms with van der Waals surface area (Å²) in [6.07, 6.45) is -2.21. The van der Waals surface area contributed by atoms with E-state index in [4.69, 9.17) is 0 Å². The molecule has 3 nitrogen and oxygen atoms in total. The molecule has 132 valence electrons. The van der Waals surface area contributed by atoms with Gasteiger partial charge in [0, 0.05) is 11.8 Å². The molecule has 1 aromatic carbocycles. The summed E-state index contributed by atoms with van der Waals surface area (Å²) in [4.78, 5) is 15.6. The lowest BCUT2D eigenvalue weighted by Crippen LogP contribution is -2.07. The van der Waals surface area contributed by atoms with Gasteiger partial charge in [0.15, 0.2) is 5.78 Å². The number of pyridine rings is 1. The monoisotopic (exact) mass is 469 g/mol. The minimum absolute atomic E-state index is 0.110. The van der Waals surface area contributed by atoms with Crippen LogP contribution >= 0.6 is 22.6 Å². The summed E-state index contributed by atoms with van der Waals surface area (Å²) in [6.45, 7) is -3.02. The number of hydrogen-bond donors (Lipinski definition) is 0. The first-order chi connectivity index (χ1) is 11.7. The fraction of sp³-hybridized carbons (Fsp3) is 0.125. The average molecular weight is 469 g/mol. The number of hydrogen-bond acceptors (Lipinski definition) is 3. The summed E-state index contributed by atoms with van der Waals surface area (Å²) in [7, 11) is 0. The molecular weight excluding hydrogens is 460 g/mol. The van der Waals surface area contributed by atoms with E-state index in [-0.39, 0.29) is 14.9 Å². The van der Waals surface area contributed by atoms with Crippen molar-refractivity contribution in [1.82, 2.24) is 4.98 Å². The van der Waals surface area contributed by atoms with E-state index in [1.165, 1.54) is 30.3 Å². The molecule has 0 aliphatic carbocycles. The molecule has 25 heavy (non-hydrogen) atoms. The van der Waals surface area contributed by atoms with Crippen LogP contribution in [0.1, 0.15) is 21.6 Å². The van der Waals surface area contributed by atoms with Crippen LogP contribution in [0.25, 0.3) is 6.08 Å². The van der Waals surface area contributed by atoms with Crippen molar-refractivity contribution in [3.05, 3.63) is 63.0 Å². The van der Waals surface area contributed by atoms with E-state index >= 15 is 0 Å². The van der Waals surface area contributed by atoms with E-state index in [2.05, 4.69) is 9.72 Å². The number of nitrogens with zero attached hydrogens (tertiary/aromatic N) is 1. The first kappa shape index (κ1) is 19.3. The van der Waals surface area contributed by atoms with Crippen LogP contribution in [0.5, 0.6) is 5.75 Å². The number of ether oxygens (including phenoxy) is 1. The van der Waals surface area contributed by atoms with E-state index in [1.54, 1.807) is 22.6 Å². The Morgan fingerprint density at radius 2 is 1.92 bits per heavy atom. The normalized spacial score (nSPS) is 12.4. The maximum Gasteiger partial charge on any atom is 0.433 e. The smallest absolute Gasteiger partial charge is 0.433 e. The fourth-order valence-corrected chi connectivity index (χ4v) is 2.49. The average Bonchev–Trinajstić information content (AvgIpc) is 2.53. The van der Waals surface area contributed by atoms with Crippen molar-refractivity contribution in [1.29, 1.82) is 0 Å². The van der Waals surface area contributed by atoms with Crippen molar-refractivity contribution in [3.8, 4) is 5.75 Å². The second-order valence-electron chi connectivity index (χ2n) is 4.70. The minimum Gasteiger partial charge on any atom is -0.435 e. The highest BCUT2D eigenvalue weighted by atomic mass is 127. The summed E-state index contributed by atoms with van der Waals surface area (Å²) < 4.78 is 66.2. The number of rotatable bonds is 5. The first-order valence-electron chi connectivity index (χ1n) is 6.67. The number of Topliss-reactive ketones (excluding diaryl/α,β-unsaturated/α-hetero) is 1. The van der Waals surface area contributed by atoms with Gasteiger partial charge in [-0.15, -0.1) is 0 Å². The van der Waals surface area contributed by atoms with Crippen LogP contribution in [0, 0.1) is 0 Å². The van der Waals surface area contributed by atoms with Gasteiger partial charge in [0.05, 0.1) is 3.58 Å². The van der Waals surface area contributed by atoms with E-state index in [0.29, 0.717) is 5.56 Å². The van der Waals surface area contributed by atoms with Crippen LogP contribution in [0.2, 0.25) is 0 Å². The lowest BCUT2D eigenvalue weighted by molar-refractivity contribution is -0.141. The van der Waals surface area contributed by atoms with E-state index in [9.17, 15) is 26.7 Å². The molecule has 0 saturated heterocycles. The van der Waals surface area contributed by atoms with Crippen molar-refractivity contribution in [2.24, 2.45) is 0 Å². The van der Waals surface area contributed by atoms with Crippen molar-refractivity contribution >= 4 is 34.5 Å². The Morgan fingerprint density at radius 1 is 1.20 bits per heavy atom. The van der Waals surface area contributed by atoms with Crippen LogP contribution in [0.3, 0.4) is 0 Å². The van der Waals surface area contributed by atoms with E-state index in [1.807, 2.05) is 0 Å². The molecule has 0 unspecified atom stereocenters. The molecule has 0 bridgehead atoms. The summed E-state index contributed by atoms with van der Waals surface area (Å²) in [6, 6.07) is 7.22. The van der Waals surface area contributed by atoms with Gasteiger partial charge in [-0.2, -0.15) is 22.0 Å². The highest BCUT2D eigenvalue weighted by molar-refractivity contribution is 14.1. The number of ketones is 1. The molecule has 2 rings (SSSR count). The zero-order chi connectivity index (χ0) is 18.6. The Labute approximate surface area is 152 Å². The molecule has 0 aliphatic heterocycles. The molecule has 0 spiro atoms.